The summed E-state index contributed by atoms with van der Waals surface area (Å²) in [6.45, 7) is 11.1. The van der Waals surface area contributed by atoms with Crippen molar-refractivity contribution in [1.82, 2.24) is 4.72 Å². The molecule has 20 heavy (non-hydrogen) atoms. The summed E-state index contributed by atoms with van der Waals surface area (Å²) in [5.74, 6) is 0.339. The number of aryl methyl sites for hydroxylation is 2. The fourth-order valence-corrected chi connectivity index (χ4v) is 3.76. The monoisotopic (exact) mass is 298 g/mol. The van der Waals surface area contributed by atoms with Crippen LogP contribution in [0.4, 0.5) is 5.69 Å². The molecule has 0 saturated heterocycles. The third kappa shape index (κ3) is 4.21. The summed E-state index contributed by atoms with van der Waals surface area (Å²) >= 11 is 0. The molecule has 1 unspecified atom stereocenters. The first-order valence-corrected chi connectivity index (χ1v) is 8.64. The lowest BCUT2D eigenvalue weighted by molar-refractivity contribution is 0.528. The second kappa shape index (κ2) is 7.09. The Morgan fingerprint density at radius 3 is 2.15 bits per heavy atom. The van der Waals surface area contributed by atoms with E-state index in [1.165, 1.54) is 0 Å². The minimum Gasteiger partial charge on any atom is -0.385 e. The zero-order valence-electron chi connectivity index (χ0n) is 13.1. The van der Waals surface area contributed by atoms with E-state index in [0.717, 1.165) is 29.8 Å². The van der Waals surface area contributed by atoms with Crippen molar-refractivity contribution in [3.05, 3.63) is 23.3 Å². The fourth-order valence-electron chi connectivity index (χ4n) is 2.15. The summed E-state index contributed by atoms with van der Waals surface area (Å²) in [5.41, 5.74) is 2.51. The van der Waals surface area contributed by atoms with Crippen molar-refractivity contribution in [2.24, 2.45) is 5.92 Å². The van der Waals surface area contributed by atoms with Crippen molar-refractivity contribution >= 4 is 15.7 Å². The Kier molecular flexibility index (Phi) is 6.02. The molecule has 1 aromatic rings. The van der Waals surface area contributed by atoms with Crippen LogP contribution in [-0.2, 0) is 10.0 Å². The first-order valence-electron chi connectivity index (χ1n) is 7.16. The number of anilines is 1. The van der Waals surface area contributed by atoms with Crippen molar-refractivity contribution in [3.8, 4) is 0 Å². The Morgan fingerprint density at radius 2 is 1.70 bits per heavy atom. The normalized spacial score (nSPS) is 13.2. The van der Waals surface area contributed by atoms with Crippen molar-refractivity contribution in [3.63, 3.8) is 0 Å². The fraction of sp³-hybridized carbons (Fsp3) is 0.600. The highest BCUT2D eigenvalue weighted by molar-refractivity contribution is 7.89. The lowest BCUT2D eigenvalue weighted by atomic mass is 10.1. The molecule has 0 amide bonds. The molecule has 0 aliphatic rings. The van der Waals surface area contributed by atoms with Gasteiger partial charge in [-0.25, -0.2) is 13.1 Å². The van der Waals surface area contributed by atoms with Crippen LogP contribution in [0.2, 0.25) is 0 Å². The number of rotatable bonds is 7. The van der Waals surface area contributed by atoms with Gasteiger partial charge in [0.1, 0.15) is 0 Å². The van der Waals surface area contributed by atoms with E-state index in [4.69, 9.17) is 0 Å². The summed E-state index contributed by atoms with van der Waals surface area (Å²) in [6, 6.07) is 3.77. The van der Waals surface area contributed by atoms with Gasteiger partial charge in [-0.05, 0) is 49.9 Å². The van der Waals surface area contributed by atoms with Gasteiger partial charge in [0, 0.05) is 18.8 Å². The predicted octanol–water partition coefficient (Wildman–Crippen LogP) is 3.06. The van der Waals surface area contributed by atoms with Gasteiger partial charge in [-0.15, -0.1) is 0 Å². The molecule has 1 atom stereocenters. The van der Waals surface area contributed by atoms with Crippen molar-refractivity contribution < 1.29 is 8.42 Å². The van der Waals surface area contributed by atoms with E-state index in [1.807, 2.05) is 39.8 Å². The largest absolute Gasteiger partial charge is 0.385 e. The summed E-state index contributed by atoms with van der Waals surface area (Å²) in [4.78, 5) is 0.405. The van der Waals surface area contributed by atoms with Gasteiger partial charge in [0.05, 0.1) is 4.90 Å². The Bertz CT molecular complexity index is 530. The molecule has 0 bridgehead atoms. The van der Waals surface area contributed by atoms with E-state index in [9.17, 15) is 8.42 Å². The molecule has 1 rings (SSSR count). The molecule has 0 spiro atoms. The van der Waals surface area contributed by atoms with E-state index in [0.29, 0.717) is 17.4 Å². The van der Waals surface area contributed by atoms with Crippen LogP contribution in [0.5, 0.6) is 0 Å². The first kappa shape index (κ1) is 17.0. The van der Waals surface area contributed by atoms with Crippen LogP contribution in [0.15, 0.2) is 17.0 Å². The molecule has 0 aliphatic heterocycles. The minimum atomic E-state index is -3.44. The molecule has 0 saturated carbocycles. The Labute approximate surface area is 123 Å². The maximum absolute atomic E-state index is 12.4. The average molecular weight is 298 g/mol. The molecule has 1 aromatic carbocycles. The molecular formula is C15H26N2O2S. The molecule has 0 fully saturated rings. The van der Waals surface area contributed by atoms with Crippen LogP contribution in [0.1, 0.15) is 38.3 Å². The number of hydrogen-bond acceptors (Lipinski definition) is 3. The highest BCUT2D eigenvalue weighted by Crippen LogP contribution is 2.24. The van der Waals surface area contributed by atoms with Crippen LogP contribution in [0, 0.1) is 19.8 Å². The summed E-state index contributed by atoms with van der Waals surface area (Å²) in [6.07, 6.45) is 0.958. The molecular weight excluding hydrogens is 272 g/mol. The zero-order chi connectivity index (χ0) is 15.3. The van der Waals surface area contributed by atoms with Crippen LogP contribution in [-0.4, -0.2) is 21.5 Å². The van der Waals surface area contributed by atoms with Crippen molar-refractivity contribution in [1.29, 1.82) is 0 Å². The highest BCUT2D eigenvalue weighted by atomic mass is 32.2. The molecule has 0 aromatic heterocycles. The maximum atomic E-state index is 12.4. The first-order chi connectivity index (χ1) is 9.31. The standard InChI is InChI=1S/C15H26N2O2S/c1-6-11(3)10-17-20(18,19)15-12(4)8-14(16-7-2)9-13(15)5/h8-9,11,16-17H,6-7,10H2,1-5H3. The second-order valence-electron chi connectivity index (χ2n) is 5.33. The molecule has 114 valence electrons. The van der Waals surface area contributed by atoms with Crippen LogP contribution < -0.4 is 10.0 Å². The number of hydrogen-bond donors (Lipinski definition) is 2. The van der Waals surface area contributed by atoms with Gasteiger partial charge >= 0.3 is 0 Å². The predicted molar refractivity (Wildman–Crippen MR) is 84.7 cm³/mol. The average Bonchev–Trinajstić information content (AvgIpc) is 2.35. The number of nitrogens with one attached hydrogen (secondary N) is 2. The van der Waals surface area contributed by atoms with Gasteiger partial charge < -0.3 is 5.32 Å². The summed E-state index contributed by atoms with van der Waals surface area (Å²) in [5, 5.41) is 3.21. The van der Waals surface area contributed by atoms with Gasteiger partial charge in [0.2, 0.25) is 10.0 Å². The molecule has 2 N–H and O–H groups in total. The zero-order valence-corrected chi connectivity index (χ0v) is 13.9. The van der Waals surface area contributed by atoms with Crippen LogP contribution >= 0.6 is 0 Å². The van der Waals surface area contributed by atoms with Crippen molar-refractivity contribution in [2.75, 3.05) is 18.4 Å². The lowest BCUT2D eigenvalue weighted by Crippen LogP contribution is -2.29. The Balaban J connectivity index is 3.06. The van der Waals surface area contributed by atoms with E-state index in [2.05, 4.69) is 17.0 Å². The third-order valence-corrected chi connectivity index (χ3v) is 5.16. The van der Waals surface area contributed by atoms with E-state index in [1.54, 1.807) is 0 Å². The van der Waals surface area contributed by atoms with E-state index < -0.39 is 10.0 Å². The Hall–Kier alpha value is -1.07. The van der Waals surface area contributed by atoms with Crippen LogP contribution in [0.3, 0.4) is 0 Å². The summed E-state index contributed by atoms with van der Waals surface area (Å²) in [7, 11) is -3.44. The van der Waals surface area contributed by atoms with Crippen LogP contribution in [0.25, 0.3) is 0 Å². The van der Waals surface area contributed by atoms with Gasteiger partial charge in [-0.1, -0.05) is 20.3 Å². The van der Waals surface area contributed by atoms with Gasteiger partial charge in [-0.3, -0.25) is 0 Å². The van der Waals surface area contributed by atoms with Crippen molar-refractivity contribution in [2.45, 2.75) is 45.9 Å². The van der Waals surface area contributed by atoms with Gasteiger partial charge in [-0.2, -0.15) is 0 Å². The van der Waals surface area contributed by atoms with Gasteiger partial charge in [0.15, 0.2) is 0 Å². The molecule has 0 radical (unpaired) electrons. The number of benzene rings is 1. The number of sulfonamides is 1. The quantitative estimate of drug-likeness (QED) is 0.813. The minimum absolute atomic E-state index is 0.339. The van der Waals surface area contributed by atoms with E-state index in [-0.39, 0.29) is 0 Å². The molecule has 0 heterocycles. The molecule has 5 heteroatoms. The molecule has 4 nitrogen and oxygen atoms in total. The lowest BCUT2D eigenvalue weighted by Gasteiger charge is -2.16. The third-order valence-electron chi connectivity index (χ3n) is 3.43. The summed E-state index contributed by atoms with van der Waals surface area (Å²) < 4.78 is 27.6. The smallest absolute Gasteiger partial charge is 0.241 e. The maximum Gasteiger partial charge on any atom is 0.241 e. The molecule has 0 aliphatic carbocycles. The highest BCUT2D eigenvalue weighted by Gasteiger charge is 2.20. The van der Waals surface area contributed by atoms with E-state index >= 15 is 0 Å². The Morgan fingerprint density at radius 1 is 1.15 bits per heavy atom. The second-order valence-corrected chi connectivity index (χ2v) is 7.04. The van der Waals surface area contributed by atoms with Gasteiger partial charge in [0.25, 0.3) is 0 Å². The SMILES string of the molecule is CCNc1cc(C)c(S(=O)(=O)NCC(C)CC)c(C)c1. The topological polar surface area (TPSA) is 58.2 Å².